The van der Waals surface area contributed by atoms with Crippen LogP contribution in [0.25, 0.3) is 0 Å². The van der Waals surface area contributed by atoms with Gasteiger partial charge in [-0.1, -0.05) is 24.8 Å². The summed E-state index contributed by atoms with van der Waals surface area (Å²) in [6.07, 6.45) is 8.64. The summed E-state index contributed by atoms with van der Waals surface area (Å²) in [5.74, 6) is 1.40. The van der Waals surface area contributed by atoms with Crippen molar-refractivity contribution in [1.82, 2.24) is 4.90 Å². The van der Waals surface area contributed by atoms with Gasteiger partial charge in [0.15, 0.2) is 0 Å². The molecule has 0 radical (unpaired) electrons. The van der Waals surface area contributed by atoms with Crippen LogP contribution >= 0.6 is 11.6 Å². The van der Waals surface area contributed by atoms with E-state index in [1.165, 1.54) is 5.56 Å². The highest BCUT2D eigenvalue weighted by Gasteiger charge is 2.33. The van der Waals surface area contributed by atoms with Crippen molar-refractivity contribution in [3.8, 4) is 0 Å². The Morgan fingerprint density at radius 3 is 2.55 bits per heavy atom. The van der Waals surface area contributed by atoms with Gasteiger partial charge in [0.25, 0.3) is 0 Å². The quantitative estimate of drug-likeness (QED) is 0.461. The molecule has 2 heterocycles. The summed E-state index contributed by atoms with van der Waals surface area (Å²) in [4.78, 5) is 9.30. The summed E-state index contributed by atoms with van der Waals surface area (Å²) in [5, 5.41) is 0.757. The van der Waals surface area contributed by atoms with Crippen LogP contribution in [-0.4, -0.2) is 49.7 Å². The van der Waals surface area contributed by atoms with Crippen LogP contribution in [0.1, 0.15) is 44.1 Å². The van der Waals surface area contributed by atoms with Crippen LogP contribution < -0.4 is 4.90 Å². The Hall–Kier alpha value is -1.66. The van der Waals surface area contributed by atoms with Crippen molar-refractivity contribution in [2.24, 2.45) is 10.9 Å². The van der Waals surface area contributed by atoms with Gasteiger partial charge in [-0.15, -0.1) is 0 Å². The van der Waals surface area contributed by atoms with E-state index in [1.807, 2.05) is 6.07 Å². The molecule has 0 aromatic heterocycles. The molecule has 0 unspecified atom stereocenters. The van der Waals surface area contributed by atoms with Gasteiger partial charge < -0.3 is 14.4 Å². The van der Waals surface area contributed by atoms with Gasteiger partial charge in [-0.2, -0.15) is 0 Å². The maximum atomic E-state index is 6.40. The standard InChI is InChI=1S/C25H34ClN3O2/c1-4-27-25(19-5-8-22(9-6-19)31-23-11-13-30-14-12-23)29-18(2)16-28(3)17-20-15-21(26)7-10-24(20)29/h4,7,10,15,19,22-23H,1-2,5-6,8-9,11-14,16-17H2,3H3. The molecule has 2 aliphatic heterocycles. The zero-order valence-corrected chi connectivity index (χ0v) is 19.3. The largest absolute Gasteiger partial charge is 0.381 e. The lowest BCUT2D eigenvalue weighted by molar-refractivity contribution is -0.0798. The maximum absolute atomic E-state index is 6.40. The third-order valence-electron chi connectivity index (χ3n) is 6.54. The highest BCUT2D eigenvalue weighted by atomic mass is 35.5. The molecule has 1 aromatic carbocycles. The zero-order chi connectivity index (χ0) is 21.8. The molecule has 0 atom stereocenters. The number of halogens is 1. The molecule has 0 spiro atoms. The number of ether oxygens (including phenoxy) is 2. The highest BCUT2D eigenvalue weighted by Crippen LogP contribution is 2.36. The van der Waals surface area contributed by atoms with Gasteiger partial charge >= 0.3 is 0 Å². The van der Waals surface area contributed by atoms with Gasteiger partial charge in [-0.05, 0) is 69.3 Å². The van der Waals surface area contributed by atoms with Crippen molar-refractivity contribution in [3.05, 3.63) is 53.8 Å². The molecule has 0 amide bonds. The zero-order valence-electron chi connectivity index (χ0n) is 18.6. The number of hydrogen-bond donors (Lipinski definition) is 0. The monoisotopic (exact) mass is 443 g/mol. The predicted molar refractivity (Wildman–Crippen MR) is 128 cm³/mol. The van der Waals surface area contributed by atoms with Crippen molar-refractivity contribution in [1.29, 1.82) is 0 Å². The van der Waals surface area contributed by atoms with Gasteiger partial charge in [-0.25, -0.2) is 4.99 Å². The Bertz CT molecular complexity index is 826. The van der Waals surface area contributed by atoms with Crippen LogP contribution in [0.15, 0.2) is 48.2 Å². The Labute approximate surface area is 191 Å². The molecule has 1 aliphatic carbocycles. The average molecular weight is 444 g/mol. The second-order valence-electron chi connectivity index (χ2n) is 8.94. The van der Waals surface area contributed by atoms with Gasteiger partial charge in [0.1, 0.15) is 5.84 Å². The van der Waals surface area contributed by atoms with Crippen LogP contribution in [0.3, 0.4) is 0 Å². The summed E-state index contributed by atoms with van der Waals surface area (Å²) >= 11 is 6.32. The minimum atomic E-state index is 0.342. The minimum Gasteiger partial charge on any atom is -0.381 e. The first kappa shape index (κ1) is 22.5. The summed E-state index contributed by atoms with van der Waals surface area (Å²) in [6.45, 7) is 11.6. The molecule has 3 aliphatic rings. The van der Waals surface area contributed by atoms with Crippen LogP contribution in [-0.2, 0) is 16.0 Å². The lowest BCUT2D eigenvalue weighted by Crippen LogP contribution is -2.40. The minimum absolute atomic E-state index is 0.342. The number of likely N-dealkylation sites (N-methyl/N-ethyl adjacent to an activating group) is 1. The Morgan fingerprint density at radius 1 is 1.13 bits per heavy atom. The van der Waals surface area contributed by atoms with Crippen molar-refractivity contribution in [2.45, 2.75) is 57.3 Å². The first-order valence-electron chi connectivity index (χ1n) is 11.4. The Balaban J connectivity index is 1.52. The second kappa shape index (κ2) is 10.3. The van der Waals surface area contributed by atoms with Crippen molar-refractivity contribution >= 4 is 23.1 Å². The second-order valence-corrected chi connectivity index (χ2v) is 9.37. The number of benzene rings is 1. The first-order valence-corrected chi connectivity index (χ1v) is 11.8. The first-order chi connectivity index (χ1) is 15.0. The third kappa shape index (κ3) is 5.40. The number of nitrogens with zero attached hydrogens (tertiary/aromatic N) is 3. The van der Waals surface area contributed by atoms with Gasteiger partial charge in [-0.3, -0.25) is 4.90 Å². The third-order valence-corrected chi connectivity index (χ3v) is 6.77. The van der Waals surface area contributed by atoms with Crippen LogP contribution in [0.4, 0.5) is 5.69 Å². The molecule has 5 nitrogen and oxygen atoms in total. The molecule has 1 saturated heterocycles. The van der Waals surface area contributed by atoms with E-state index in [1.54, 1.807) is 6.20 Å². The fraction of sp³-hybridized carbons (Fsp3) is 0.560. The number of amidine groups is 1. The Kier molecular flexibility index (Phi) is 7.49. The smallest absolute Gasteiger partial charge is 0.116 e. The van der Waals surface area contributed by atoms with Crippen LogP contribution in [0.2, 0.25) is 5.02 Å². The molecule has 1 saturated carbocycles. The average Bonchev–Trinajstić information content (AvgIpc) is 2.87. The van der Waals surface area contributed by atoms with Gasteiger partial charge in [0.05, 0.1) is 17.9 Å². The molecule has 1 aromatic rings. The molecule has 4 rings (SSSR count). The molecule has 31 heavy (non-hydrogen) atoms. The van der Waals surface area contributed by atoms with E-state index in [0.29, 0.717) is 18.1 Å². The molecular formula is C25H34ClN3O2. The lowest BCUT2D eigenvalue weighted by atomic mass is 9.85. The number of fused-ring (bicyclic) bond motifs is 1. The summed E-state index contributed by atoms with van der Waals surface area (Å²) in [5.41, 5.74) is 3.35. The SMILES string of the molecule is C=CN=C(C1CCC(OC2CCOCC2)CC1)N1C(=C)CN(C)Cc2cc(Cl)ccc21. The predicted octanol–water partition coefficient (Wildman–Crippen LogP) is 5.40. The Morgan fingerprint density at radius 2 is 1.84 bits per heavy atom. The molecule has 0 N–H and O–H groups in total. The maximum Gasteiger partial charge on any atom is 0.116 e. The molecule has 6 heteroatoms. The normalized spacial score (nSPS) is 26.5. The van der Waals surface area contributed by atoms with E-state index in [4.69, 9.17) is 26.1 Å². The number of rotatable bonds is 4. The summed E-state index contributed by atoms with van der Waals surface area (Å²) in [6, 6.07) is 6.11. The van der Waals surface area contributed by atoms with Crippen molar-refractivity contribution < 1.29 is 9.47 Å². The van der Waals surface area contributed by atoms with E-state index >= 15 is 0 Å². The van der Waals surface area contributed by atoms with Gasteiger partial charge in [0.2, 0.25) is 0 Å². The fourth-order valence-electron chi connectivity index (χ4n) is 5.06. The molecule has 0 bridgehead atoms. The number of hydrogen-bond acceptors (Lipinski definition) is 4. The lowest BCUT2D eigenvalue weighted by Gasteiger charge is -2.37. The van der Waals surface area contributed by atoms with E-state index in [-0.39, 0.29) is 0 Å². The topological polar surface area (TPSA) is 37.3 Å². The van der Waals surface area contributed by atoms with E-state index in [0.717, 1.165) is 87.1 Å². The van der Waals surface area contributed by atoms with Crippen LogP contribution in [0, 0.1) is 5.92 Å². The fourth-order valence-corrected chi connectivity index (χ4v) is 5.26. The van der Waals surface area contributed by atoms with Gasteiger partial charge in [0, 0.05) is 49.1 Å². The number of aliphatic imine (C=N–C) groups is 1. The molecule has 2 fully saturated rings. The van der Waals surface area contributed by atoms with Crippen LogP contribution in [0.5, 0.6) is 0 Å². The molecular weight excluding hydrogens is 410 g/mol. The summed E-state index contributed by atoms with van der Waals surface area (Å²) in [7, 11) is 2.11. The van der Waals surface area contributed by atoms with E-state index in [9.17, 15) is 0 Å². The summed E-state index contributed by atoms with van der Waals surface area (Å²) < 4.78 is 11.9. The van der Waals surface area contributed by atoms with Crippen molar-refractivity contribution in [2.75, 3.05) is 31.7 Å². The highest BCUT2D eigenvalue weighted by molar-refractivity contribution is 6.30. The molecule has 168 valence electrons. The van der Waals surface area contributed by atoms with Crippen molar-refractivity contribution in [3.63, 3.8) is 0 Å². The van der Waals surface area contributed by atoms with E-state index in [2.05, 4.69) is 42.1 Å². The van der Waals surface area contributed by atoms with E-state index < -0.39 is 0 Å². The number of anilines is 1.